The molecule has 1 heterocycles. The number of guanidine groups is 1. The zero-order valence-electron chi connectivity index (χ0n) is 16.5. The lowest BCUT2D eigenvalue weighted by atomic mass is 9.96. The first-order chi connectivity index (χ1) is 13.2. The van der Waals surface area contributed by atoms with Gasteiger partial charge in [-0.1, -0.05) is 23.7 Å². The van der Waals surface area contributed by atoms with Gasteiger partial charge in [0, 0.05) is 43.1 Å². The van der Waals surface area contributed by atoms with Crippen LogP contribution in [0, 0.1) is 5.92 Å². The Balaban J connectivity index is 1.57. The van der Waals surface area contributed by atoms with Crippen molar-refractivity contribution in [3.05, 3.63) is 34.9 Å². The number of benzene rings is 1. The summed E-state index contributed by atoms with van der Waals surface area (Å²) in [5, 5.41) is 4.28. The summed E-state index contributed by atoms with van der Waals surface area (Å²) in [6.07, 6.45) is 3.52. The molecule has 6 heteroatoms. The quantitative estimate of drug-likeness (QED) is 0.397. The highest BCUT2D eigenvalue weighted by Crippen LogP contribution is 2.48. The number of halogens is 1. The Labute approximate surface area is 168 Å². The maximum atomic E-state index is 6.20. The molecular weight excluding hydrogens is 362 g/mol. The summed E-state index contributed by atoms with van der Waals surface area (Å²) in [4.78, 5) is 7.38. The third-order valence-corrected chi connectivity index (χ3v) is 5.76. The van der Waals surface area contributed by atoms with Crippen molar-refractivity contribution in [1.29, 1.82) is 0 Å². The Kier molecular flexibility index (Phi) is 7.39. The molecule has 1 aromatic carbocycles. The standard InChI is InChI=1S/C21H32ClN3O2/c1-3-23-20(25-10-7-17(14-25)15-27-12-11-26-2)24-16-21(8-9-21)18-5-4-6-19(22)13-18/h4-6,13,17H,3,7-12,14-16H2,1-2H3,(H,23,24). The molecule has 0 amide bonds. The second-order valence-corrected chi connectivity index (χ2v) is 8.07. The van der Waals surface area contributed by atoms with Crippen LogP contribution in [0.5, 0.6) is 0 Å². The summed E-state index contributed by atoms with van der Waals surface area (Å²) in [5.41, 5.74) is 1.49. The Morgan fingerprint density at radius 3 is 2.93 bits per heavy atom. The molecule has 150 valence electrons. The van der Waals surface area contributed by atoms with E-state index in [-0.39, 0.29) is 5.41 Å². The van der Waals surface area contributed by atoms with Crippen LogP contribution < -0.4 is 5.32 Å². The minimum Gasteiger partial charge on any atom is -0.382 e. The topological polar surface area (TPSA) is 46.1 Å². The first-order valence-corrected chi connectivity index (χ1v) is 10.4. The zero-order valence-corrected chi connectivity index (χ0v) is 17.3. The minimum atomic E-state index is 0.175. The van der Waals surface area contributed by atoms with Crippen LogP contribution in [0.4, 0.5) is 0 Å². The molecule has 1 atom stereocenters. The second-order valence-electron chi connectivity index (χ2n) is 7.63. The third kappa shape index (κ3) is 5.59. The van der Waals surface area contributed by atoms with Gasteiger partial charge in [-0.05, 0) is 43.9 Å². The first-order valence-electron chi connectivity index (χ1n) is 10.0. The molecule has 0 bridgehead atoms. The molecule has 1 aromatic rings. The molecule has 1 aliphatic heterocycles. The van der Waals surface area contributed by atoms with E-state index in [0.717, 1.165) is 50.2 Å². The molecule has 5 nitrogen and oxygen atoms in total. The van der Waals surface area contributed by atoms with Crippen LogP contribution in [0.1, 0.15) is 31.7 Å². The van der Waals surface area contributed by atoms with Crippen molar-refractivity contribution in [1.82, 2.24) is 10.2 Å². The smallest absolute Gasteiger partial charge is 0.193 e. The van der Waals surface area contributed by atoms with E-state index in [1.807, 2.05) is 12.1 Å². The van der Waals surface area contributed by atoms with Crippen LogP contribution >= 0.6 is 11.6 Å². The number of likely N-dealkylation sites (tertiary alicyclic amines) is 1. The van der Waals surface area contributed by atoms with Crippen molar-refractivity contribution in [2.75, 3.05) is 53.1 Å². The normalized spacial score (nSPS) is 21.5. The summed E-state index contributed by atoms with van der Waals surface area (Å²) < 4.78 is 10.8. The van der Waals surface area contributed by atoms with Crippen molar-refractivity contribution in [2.45, 2.75) is 31.6 Å². The summed E-state index contributed by atoms with van der Waals surface area (Å²) in [6, 6.07) is 8.26. The lowest BCUT2D eigenvalue weighted by Gasteiger charge is -2.23. The van der Waals surface area contributed by atoms with Gasteiger partial charge in [0.1, 0.15) is 0 Å². The van der Waals surface area contributed by atoms with Crippen molar-refractivity contribution < 1.29 is 9.47 Å². The Bertz CT molecular complexity index is 634. The van der Waals surface area contributed by atoms with Crippen LogP contribution in [0.15, 0.2) is 29.3 Å². The number of rotatable bonds is 9. The van der Waals surface area contributed by atoms with E-state index < -0.39 is 0 Å². The van der Waals surface area contributed by atoms with Gasteiger partial charge in [-0.3, -0.25) is 4.99 Å². The van der Waals surface area contributed by atoms with E-state index in [9.17, 15) is 0 Å². The fraction of sp³-hybridized carbons (Fsp3) is 0.667. The van der Waals surface area contributed by atoms with E-state index >= 15 is 0 Å². The predicted octanol–water partition coefficient (Wildman–Crippen LogP) is 3.32. The predicted molar refractivity (Wildman–Crippen MR) is 111 cm³/mol. The van der Waals surface area contributed by atoms with Gasteiger partial charge in [-0.2, -0.15) is 0 Å². The fourth-order valence-corrected chi connectivity index (χ4v) is 3.90. The van der Waals surface area contributed by atoms with Gasteiger partial charge in [0.25, 0.3) is 0 Å². The van der Waals surface area contributed by atoms with Gasteiger partial charge < -0.3 is 19.7 Å². The Morgan fingerprint density at radius 2 is 2.22 bits per heavy atom. The van der Waals surface area contributed by atoms with Gasteiger partial charge in [-0.15, -0.1) is 0 Å². The number of methoxy groups -OCH3 is 1. The molecule has 27 heavy (non-hydrogen) atoms. The maximum absolute atomic E-state index is 6.20. The molecule has 1 saturated carbocycles. The van der Waals surface area contributed by atoms with E-state index in [1.54, 1.807) is 7.11 Å². The number of nitrogens with one attached hydrogen (secondary N) is 1. The molecule has 2 aliphatic rings. The van der Waals surface area contributed by atoms with Crippen molar-refractivity contribution in [3.63, 3.8) is 0 Å². The molecule has 3 rings (SSSR count). The molecule has 1 unspecified atom stereocenters. The fourth-order valence-electron chi connectivity index (χ4n) is 3.71. The second kappa shape index (κ2) is 9.76. The molecular formula is C21H32ClN3O2. The van der Waals surface area contributed by atoms with Gasteiger partial charge in [0.05, 0.1) is 26.4 Å². The maximum Gasteiger partial charge on any atom is 0.193 e. The molecule has 0 aromatic heterocycles. The van der Waals surface area contributed by atoms with E-state index in [0.29, 0.717) is 19.1 Å². The third-order valence-electron chi connectivity index (χ3n) is 5.53. The van der Waals surface area contributed by atoms with Gasteiger partial charge >= 0.3 is 0 Å². The van der Waals surface area contributed by atoms with Crippen molar-refractivity contribution in [3.8, 4) is 0 Å². The Morgan fingerprint density at radius 1 is 1.37 bits per heavy atom. The number of aliphatic imine (C=N–C) groups is 1. The van der Waals surface area contributed by atoms with Crippen LogP contribution in [0.3, 0.4) is 0 Å². The van der Waals surface area contributed by atoms with Gasteiger partial charge in [0.15, 0.2) is 5.96 Å². The van der Waals surface area contributed by atoms with E-state index in [2.05, 4.69) is 29.3 Å². The van der Waals surface area contributed by atoms with Crippen LogP contribution in [0.2, 0.25) is 5.02 Å². The number of hydrogen-bond acceptors (Lipinski definition) is 3. The molecule has 1 saturated heterocycles. The highest BCUT2D eigenvalue weighted by Gasteiger charge is 2.44. The summed E-state index contributed by atoms with van der Waals surface area (Å²) in [6.45, 7) is 7.99. The van der Waals surface area contributed by atoms with Crippen LogP contribution in [-0.4, -0.2) is 64.0 Å². The molecule has 1 N–H and O–H groups in total. The first kappa shape index (κ1) is 20.4. The average molecular weight is 394 g/mol. The largest absolute Gasteiger partial charge is 0.382 e. The van der Waals surface area contributed by atoms with Crippen LogP contribution in [0.25, 0.3) is 0 Å². The van der Waals surface area contributed by atoms with Crippen molar-refractivity contribution >= 4 is 17.6 Å². The zero-order chi connectivity index (χ0) is 19.1. The highest BCUT2D eigenvalue weighted by atomic mass is 35.5. The van der Waals surface area contributed by atoms with E-state index in [1.165, 1.54) is 18.4 Å². The molecule has 0 radical (unpaired) electrons. The summed E-state index contributed by atoms with van der Waals surface area (Å²) in [7, 11) is 1.70. The lowest BCUT2D eigenvalue weighted by Crippen LogP contribution is -2.40. The number of nitrogens with zero attached hydrogens (tertiary/aromatic N) is 2. The molecule has 0 spiro atoms. The monoisotopic (exact) mass is 393 g/mol. The average Bonchev–Trinajstić information content (AvgIpc) is 3.32. The van der Waals surface area contributed by atoms with E-state index in [4.69, 9.17) is 26.1 Å². The minimum absolute atomic E-state index is 0.175. The van der Waals surface area contributed by atoms with Gasteiger partial charge in [0.2, 0.25) is 0 Å². The summed E-state index contributed by atoms with van der Waals surface area (Å²) in [5.74, 6) is 1.60. The molecule has 2 fully saturated rings. The van der Waals surface area contributed by atoms with Crippen LogP contribution in [-0.2, 0) is 14.9 Å². The lowest BCUT2D eigenvalue weighted by molar-refractivity contribution is 0.0536. The molecule has 1 aliphatic carbocycles. The Hall–Kier alpha value is -1.30. The SMILES string of the molecule is CCNC(=NCC1(c2cccc(Cl)c2)CC1)N1CCC(COCCOC)C1. The number of ether oxygens (including phenoxy) is 2. The highest BCUT2D eigenvalue weighted by molar-refractivity contribution is 6.30. The van der Waals surface area contributed by atoms with Gasteiger partial charge in [-0.25, -0.2) is 0 Å². The number of hydrogen-bond donors (Lipinski definition) is 1. The van der Waals surface area contributed by atoms with Crippen molar-refractivity contribution in [2.24, 2.45) is 10.9 Å². The summed E-state index contributed by atoms with van der Waals surface area (Å²) >= 11 is 6.20.